The van der Waals surface area contributed by atoms with E-state index in [9.17, 15) is 0 Å². The van der Waals surface area contributed by atoms with Crippen molar-refractivity contribution in [2.24, 2.45) is 5.73 Å². The van der Waals surface area contributed by atoms with Crippen molar-refractivity contribution in [1.29, 1.82) is 0 Å². The lowest BCUT2D eigenvalue weighted by molar-refractivity contribution is 0.374. The molecule has 0 amide bonds. The van der Waals surface area contributed by atoms with Gasteiger partial charge in [-0.1, -0.05) is 18.0 Å². The Kier molecular flexibility index (Phi) is 5.55. The molecule has 0 spiro atoms. The van der Waals surface area contributed by atoms with Gasteiger partial charge in [0, 0.05) is 12.0 Å². The number of nitrogens with zero attached hydrogens (tertiary/aromatic N) is 2. The second-order valence-corrected chi connectivity index (χ2v) is 4.69. The van der Waals surface area contributed by atoms with E-state index in [-0.39, 0.29) is 0 Å². The Morgan fingerprint density at radius 1 is 1.10 bits per heavy atom. The van der Waals surface area contributed by atoms with Crippen molar-refractivity contribution in [3.8, 4) is 17.1 Å². The van der Waals surface area contributed by atoms with E-state index in [0.29, 0.717) is 11.7 Å². The lowest BCUT2D eigenvalue weighted by atomic mass is 10.1. The standard InChI is InChI=1S/C15H21N3O2/c1-19-13-9-7-12(8-10-13)15-17-14(20-18-15)6-4-2-3-5-11-16/h7-10H,2-6,11,16H2,1H3. The van der Waals surface area contributed by atoms with E-state index in [1.54, 1.807) is 7.11 Å². The molecule has 0 radical (unpaired) electrons. The first-order valence-electron chi connectivity index (χ1n) is 7.00. The molecule has 1 aromatic carbocycles. The van der Waals surface area contributed by atoms with Gasteiger partial charge >= 0.3 is 0 Å². The van der Waals surface area contributed by atoms with Gasteiger partial charge in [-0.25, -0.2) is 0 Å². The fourth-order valence-corrected chi connectivity index (χ4v) is 1.99. The smallest absolute Gasteiger partial charge is 0.226 e. The van der Waals surface area contributed by atoms with Gasteiger partial charge in [0.2, 0.25) is 11.7 Å². The molecule has 0 aliphatic heterocycles. The molecule has 1 heterocycles. The van der Waals surface area contributed by atoms with E-state index in [4.69, 9.17) is 15.0 Å². The molecule has 2 rings (SSSR count). The Hall–Kier alpha value is -1.88. The molecule has 0 saturated heterocycles. The highest BCUT2D eigenvalue weighted by Crippen LogP contribution is 2.20. The Labute approximate surface area is 119 Å². The summed E-state index contributed by atoms with van der Waals surface area (Å²) in [5.41, 5.74) is 6.39. The molecule has 2 N–H and O–H groups in total. The van der Waals surface area contributed by atoms with Crippen molar-refractivity contribution in [2.45, 2.75) is 32.1 Å². The molecular formula is C15H21N3O2. The van der Waals surface area contributed by atoms with Gasteiger partial charge in [-0.15, -0.1) is 0 Å². The quantitative estimate of drug-likeness (QED) is 0.750. The Morgan fingerprint density at radius 2 is 1.85 bits per heavy atom. The second kappa shape index (κ2) is 7.65. The third-order valence-electron chi connectivity index (χ3n) is 3.16. The minimum Gasteiger partial charge on any atom is -0.497 e. The molecule has 0 unspecified atom stereocenters. The number of benzene rings is 1. The number of methoxy groups -OCH3 is 1. The largest absolute Gasteiger partial charge is 0.497 e. The van der Waals surface area contributed by atoms with E-state index < -0.39 is 0 Å². The molecule has 0 aliphatic carbocycles. The molecule has 0 atom stereocenters. The molecule has 0 aliphatic rings. The lowest BCUT2D eigenvalue weighted by Crippen LogP contribution is -1.97. The maximum atomic E-state index is 5.46. The van der Waals surface area contributed by atoms with Crippen LogP contribution in [0.2, 0.25) is 0 Å². The van der Waals surface area contributed by atoms with E-state index in [0.717, 1.165) is 50.0 Å². The van der Waals surface area contributed by atoms with E-state index in [2.05, 4.69) is 10.1 Å². The summed E-state index contributed by atoms with van der Waals surface area (Å²) in [7, 11) is 1.64. The molecule has 108 valence electrons. The first-order valence-corrected chi connectivity index (χ1v) is 7.00. The molecule has 0 bridgehead atoms. The first kappa shape index (κ1) is 14.5. The van der Waals surface area contributed by atoms with Crippen LogP contribution in [0.3, 0.4) is 0 Å². The zero-order valence-corrected chi connectivity index (χ0v) is 11.8. The number of aryl methyl sites for hydroxylation is 1. The van der Waals surface area contributed by atoms with Crippen LogP contribution in [0.5, 0.6) is 5.75 Å². The van der Waals surface area contributed by atoms with E-state index >= 15 is 0 Å². The van der Waals surface area contributed by atoms with E-state index in [1.165, 1.54) is 0 Å². The van der Waals surface area contributed by atoms with Gasteiger partial charge in [-0.05, 0) is 43.7 Å². The molecular weight excluding hydrogens is 254 g/mol. The van der Waals surface area contributed by atoms with Crippen LogP contribution < -0.4 is 10.5 Å². The molecule has 2 aromatic rings. The summed E-state index contributed by atoms with van der Waals surface area (Å²) < 4.78 is 10.4. The second-order valence-electron chi connectivity index (χ2n) is 4.69. The van der Waals surface area contributed by atoms with Crippen LogP contribution in [0, 0.1) is 0 Å². The zero-order chi connectivity index (χ0) is 14.2. The summed E-state index contributed by atoms with van der Waals surface area (Å²) in [6.45, 7) is 0.766. The van der Waals surface area contributed by atoms with E-state index in [1.807, 2.05) is 24.3 Å². The Morgan fingerprint density at radius 3 is 2.55 bits per heavy atom. The summed E-state index contributed by atoms with van der Waals surface area (Å²) in [6, 6.07) is 7.62. The molecule has 0 fully saturated rings. The van der Waals surface area contributed by atoms with Crippen LogP contribution in [0.15, 0.2) is 28.8 Å². The molecule has 20 heavy (non-hydrogen) atoms. The van der Waals surface area contributed by atoms with Crippen LogP contribution in [-0.4, -0.2) is 23.8 Å². The normalized spacial score (nSPS) is 10.7. The Bertz CT molecular complexity index is 508. The highest BCUT2D eigenvalue weighted by molar-refractivity contribution is 5.55. The predicted molar refractivity (Wildman–Crippen MR) is 77.5 cm³/mol. The summed E-state index contributed by atoms with van der Waals surface area (Å²) >= 11 is 0. The first-order chi connectivity index (χ1) is 9.83. The highest BCUT2D eigenvalue weighted by atomic mass is 16.5. The van der Waals surface area contributed by atoms with Crippen LogP contribution in [-0.2, 0) is 6.42 Å². The van der Waals surface area contributed by atoms with Crippen LogP contribution in [0.4, 0.5) is 0 Å². The van der Waals surface area contributed by atoms with Crippen LogP contribution in [0.1, 0.15) is 31.6 Å². The molecule has 0 saturated carbocycles. The van der Waals surface area contributed by atoms with Gasteiger partial charge in [-0.3, -0.25) is 0 Å². The zero-order valence-electron chi connectivity index (χ0n) is 11.8. The van der Waals surface area contributed by atoms with Crippen molar-refractivity contribution in [3.63, 3.8) is 0 Å². The monoisotopic (exact) mass is 275 g/mol. The summed E-state index contributed by atoms with van der Waals surface area (Å²) in [6.07, 6.45) is 5.28. The molecule has 1 aromatic heterocycles. The average molecular weight is 275 g/mol. The fraction of sp³-hybridized carbons (Fsp3) is 0.467. The van der Waals surface area contributed by atoms with Gasteiger partial charge < -0.3 is 15.0 Å². The predicted octanol–water partition coefficient (Wildman–Crippen LogP) is 2.81. The van der Waals surface area contributed by atoms with Gasteiger partial charge in [0.15, 0.2) is 0 Å². The third-order valence-corrected chi connectivity index (χ3v) is 3.16. The Balaban J connectivity index is 1.87. The lowest BCUT2D eigenvalue weighted by Gasteiger charge is -1.99. The van der Waals surface area contributed by atoms with Gasteiger partial charge in [0.05, 0.1) is 7.11 Å². The summed E-state index contributed by atoms with van der Waals surface area (Å²) in [5.74, 6) is 2.14. The minimum atomic E-state index is 0.629. The summed E-state index contributed by atoms with van der Waals surface area (Å²) in [4.78, 5) is 4.41. The van der Waals surface area contributed by atoms with Crippen molar-refractivity contribution >= 4 is 0 Å². The number of nitrogens with two attached hydrogens (primary N) is 1. The average Bonchev–Trinajstić information content (AvgIpc) is 2.96. The van der Waals surface area contributed by atoms with Crippen LogP contribution in [0.25, 0.3) is 11.4 Å². The maximum Gasteiger partial charge on any atom is 0.226 e. The third kappa shape index (κ3) is 4.06. The number of ether oxygens (including phenoxy) is 1. The van der Waals surface area contributed by atoms with Gasteiger partial charge in [0.25, 0.3) is 0 Å². The van der Waals surface area contributed by atoms with Crippen molar-refractivity contribution in [2.75, 3.05) is 13.7 Å². The van der Waals surface area contributed by atoms with Crippen molar-refractivity contribution in [1.82, 2.24) is 10.1 Å². The van der Waals surface area contributed by atoms with Crippen molar-refractivity contribution < 1.29 is 9.26 Å². The van der Waals surface area contributed by atoms with Crippen molar-refractivity contribution in [3.05, 3.63) is 30.2 Å². The highest BCUT2D eigenvalue weighted by Gasteiger charge is 2.08. The fourth-order valence-electron chi connectivity index (χ4n) is 1.99. The number of aromatic nitrogens is 2. The minimum absolute atomic E-state index is 0.629. The topological polar surface area (TPSA) is 74.2 Å². The number of hydrogen-bond acceptors (Lipinski definition) is 5. The number of unbranched alkanes of at least 4 members (excludes halogenated alkanes) is 3. The molecule has 5 heteroatoms. The van der Waals surface area contributed by atoms with Gasteiger partial charge in [-0.2, -0.15) is 4.98 Å². The van der Waals surface area contributed by atoms with Crippen LogP contribution >= 0.6 is 0 Å². The van der Waals surface area contributed by atoms with Gasteiger partial charge in [0.1, 0.15) is 5.75 Å². The maximum absolute atomic E-state index is 5.46. The molecule has 5 nitrogen and oxygen atoms in total. The number of hydrogen-bond donors (Lipinski definition) is 1. The number of rotatable bonds is 8. The summed E-state index contributed by atoms with van der Waals surface area (Å²) in [5, 5.41) is 4.01. The SMILES string of the molecule is COc1ccc(-c2noc(CCCCCCN)n2)cc1.